The predicted molar refractivity (Wildman–Crippen MR) is 97.0 cm³/mol. The van der Waals surface area contributed by atoms with Crippen LogP contribution >= 0.6 is 0 Å². The van der Waals surface area contributed by atoms with Gasteiger partial charge in [0, 0.05) is 49.0 Å². The zero-order valence-electron chi connectivity index (χ0n) is 14.2. The first-order chi connectivity index (χ1) is 12.2. The Morgan fingerprint density at radius 3 is 2.44 bits per heavy atom. The van der Waals surface area contributed by atoms with Crippen LogP contribution in [-0.2, 0) is 4.79 Å². The van der Waals surface area contributed by atoms with Crippen LogP contribution in [0.5, 0.6) is 0 Å². The molecule has 2 aromatic heterocycles. The molecule has 1 aliphatic heterocycles. The van der Waals surface area contributed by atoms with Crippen molar-refractivity contribution in [2.75, 3.05) is 19.6 Å². The maximum atomic E-state index is 11.2. The Balaban J connectivity index is 1.70. The van der Waals surface area contributed by atoms with Crippen LogP contribution in [0.2, 0.25) is 0 Å². The van der Waals surface area contributed by atoms with Gasteiger partial charge in [-0.2, -0.15) is 0 Å². The number of aromatic nitrogens is 2. The van der Waals surface area contributed by atoms with Crippen LogP contribution in [0.1, 0.15) is 30.4 Å². The van der Waals surface area contributed by atoms with E-state index in [0.29, 0.717) is 6.54 Å². The van der Waals surface area contributed by atoms with Crippen molar-refractivity contribution in [3.8, 4) is 0 Å². The Morgan fingerprint density at radius 1 is 1.20 bits per heavy atom. The van der Waals surface area contributed by atoms with Gasteiger partial charge in [0.25, 0.3) is 0 Å². The highest BCUT2D eigenvalue weighted by Crippen LogP contribution is 2.23. The molecular formula is C20H23N3O2. The molecule has 1 unspecified atom stereocenters. The molecular weight excluding hydrogens is 314 g/mol. The SMILES string of the molecule is O=C(O)C1CCCN(CCC=C(c2cccnc2)c2cccnc2)C1. The van der Waals surface area contributed by atoms with Crippen molar-refractivity contribution < 1.29 is 9.90 Å². The molecule has 0 bridgehead atoms. The first-order valence-electron chi connectivity index (χ1n) is 8.70. The van der Waals surface area contributed by atoms with E-state index in [1.54, 1.807) is 12.4 Å². The van der Waals surface area contributed by atoms with Gasteiger partial charge in [0.2, 0.25) is 0 Å². The van der Waals surface area contributed by atoms with Gasteiger partial charge in [0.05, 0.1) is 5.92 Å². The molecule has 1 atom stereocenters. The van der Waals surface area contributed by atoms with Gasteiger partial charge in [0.1, 0.15) is 0 Å². The Morgan fingerprint density at radius 2 is 1.88 bits per heavy atom. The average Bonchev–Trinajstić information content (AvgIpc) is 2.67. The Bertz CT molecular complexity index is 675. The number of hydrogen-bond donors (Lipinski definition) is 1. The standard InChI is InChI=1S/C20H23N3O2/c24-20(25)18-7-3-11-23(15-18)12-4-8-19(16-5-1-9-21-13-16)17-6-2-10-22-14-17/h1-2,5-6,8-10,13-14,18H,3-4,7,11-12,15H2,(H,24,25). The van der Waals surface area contributed by atoms with Crippen LogP contribution in [0.4, 0.5) is 0 Å². The summed E-state index contributed by atoms with van der Waals surface area (Å²) in [5.41, 5.74) is 3.25. The number of carboxylic acid groups (broad SMARTS) is 1. The lowest BCUT2D eigenvalue weighted by molar-refractivity contribution is -0.143. The molecule has 0 aromatic carbocycles. The summed E-state index contributed by atoms with van der Waals surface area (Å²) in [7, 11) is 0. The first-order valence-corrected chi connectivity index (χ1v) is 8.70. The topological polar surface area (TPSA) is 66.3 Å². The van der Waals surface area contributed by atoms with Crippen LogP contribution in [0.25, 0.3) is 5.57 Å². The molecule has 25 heavy (non-hydrogen) atoms. The molecule has 0 aliphatic carbocycles. The summed E-state index contributed by atoms with van der Waals surface area (Å²) < 4.78 is 0. The molecule has 0 saturated carbocycles. The fourth-order valence-electron chi connectivity index (χ4n) is 3.30. The van der Waals surface area contributed by atoms with Gasteiger partial charge in [-0.1, -0.05) is 18.2 Å². The molecule has 130 valence electrons. The quantitative estimate of drug-likeness (QED) is 0.877. The number of pyridine rings is 2. The minimum absolute atomic E-state index is 0.228. The van der Waals surface area contributed by atoms with Crippen molar-refractivity contribution in [3.63, 3.8) is 0 Å². The summed E-state index contributed by atoms with van der Waals surface area (Å²) in [6.07, 6.45) is 12.1. The number of piperidine rings is 1. The van der Waals surface area contributed by atoms with E-state index in [1.807, 2.05) is 36.7 Å². The third kappa shape index (κ3) is 4.73. The molecule has 3 heterocycles. The van der Waals surface area contributed by atoms with Crippen molar-refractivity contribution in [1.82, 2.24) is 14.9 Å². The van der Waals surface area contributed by atoms with Crippen LogP contribution in [-0.4, -0.2) is 45.6 Å². The van der Waals surface area contributed by atoms with Crippen molar-refractivity contribution in [2.45, 2.75) is 19.3 Å². The minimum atomic E-state index is -0.674. The molecule has 3 rings (SSSR count). The largest absolute Gasteiger partial charge is 0.481 e. The summed E-state index contributed by atoms with van der Waals surface area (Å²) in [6, 6.07) is 7.96. The highest BCUT2D eigenvalue weighted by Gasteiger charge is 2.24. The second-order valence-electron chi connectivity index (χ2n) is 6.37. The highest BCUT2D eigenvalue weighted by molar-refractivity contribution is 5.78. The second kappa shape index (κ2) is 8.53. The maximum absolute atomic E-state index is 11.2. The molecule has 2 aromatic rings. The summed E-state index contributed by atoms with van der Waals surface area (Å²) in [6.45, 7) is 2.50. The Hall–Kier alpha value is -2.53. The second-order valence-corrected chi connectivity index (χ2v) is 6.37. The van der Waals surface area contributed by atoms with E-state index < -0.39 is 5.97 Å². The zero-order valence-corrected chi connectivity index (χ0v) is 14.2. The number of aliphatic carboxylic acids is 1. The van der Waals surface area contributed by atoms with E-state index in [4.69, 9.17) is 0 Å². The van der Waals surface area contributed by atoms with Crippen molar-refractivity contribution in [2.24, 2.45) is 5.92 Å². The average molecular weight is 337 g/mol. The number of carboxylic acids is 1. The van der Waals surface area contributed by atoms with Gasteiger partial charge in [0.15, 0.2) is 0 Å². The number of nitrogens with zero attached hydrogens (tertiary/aromatic N) is 3. The smallest absolute Gasteiger partial charge is 0.307 e. The van der Waals surface area contributed by atoms with E-state index >= 15 is 0 Å². The monoisotopic (exact) mass is 337 g/mol. The van der Waals surface area contributed by atoms with Crippen molar-refractivity contribution >= 4 is 11.5 Å². The lowest BCUT2D eigenvalue weighted by atomic mass is 9.97. The Kier molecular flexibility index (Phi) is 5.90. The molecule has 1 N–H and O–H groups in total. The van der Waals surface area contributed by atoms with Crippen LogP contribution in [0, 0.1) is 5.92 Å². The summed E-state index contributed by atoms with van der Waals surface area (Å²) >= 11 is 0. The number of hydrogen-bond acceptors (Lipinski definition) is 4. The fraction of sp³-hybridized carbons (Fsp3) is 0.350. The van der Waals surface area contributed by atoms with Gasteiger partial charge in [-0.05, 0) is 43.5 Å². The summed E-state index contributed by atoms with van der Waals surface area (Å²) in [5, 5.41) is 9.21. The van der Waals surface area contributed by atoms with Crippen LogP contribution in [0.3, 0.4) is 0 Å². The van der Waals surface area contributed by atoms with Crippen LogP contribution < -0.4 is 0 Å². The van der Waals surface area contributed by atoms with Gasteiger partial charge in [-0.15, -0.1) is 0 Å². The fourth-order valence-corrected chi connectivity index (χ4v) is 3.30. The predicted octanol–water partition coefficient (Wildman–Crippen LogP) is 3.10. The molecule has 1 fully saturated rings. The molecule has 0 amide bonds. The lowest BCUT2D eigenvalue weighted by Crippen LogP contribution is -2.39. The van der Waals surface area contributed by atoms with Gasteiger partial charge in [-0.3, -0.25) is 14.8 Å². The molecule has 1 aliphatic rings. The summed E-state index contributed by atoms with van der Waals surface area (Å²) in [5.74, 6) is -0.902. The van der Waals surface area contributed by atoms with Crippen molar-refractivity contribution in [1.29, 1.82) is 0 Å². The third-order valence-corrected chi connectivity index (χ3v) is 4.59. The summed E-state index contributed by atoms with van der Waals surface area (Å²) in [4.78, 5) is 21.9. The van der Waals surface area contributed by atoms with Gasteiger partial charge < -0.3 is 10.0 Å². The normalized spacial score (nSPS) is 17.8. The number of carbonyl (C=O) groups is 1. The molecule has 5 heteroatoms. The van der Waals surface area contributed by atoms with Crippen LogP contribution in [0.15, 0.2) is 55.1 Å². The van der Waals surface area contributed by atoms with E-state index in [0.717, 1.165) is 49.1 Å². The van der Waals surface area contributed by atoms with E-state index in [2.05, 4.69) is 20.9 Å². The van der Waals surface area contributed by atoms with E-state index in [1.165, 1.54) is 0 Å². The molecule has 1 saturated heterocycles. The molecule has 0 radical (unpaired) electrons. The Labute approximate surface area is 148 Å². The van der Waals surface area contributed by atoms with E-state index in [9.17, 15) is 9.90 Å². The zero-order chi connectivity index (χ0) is 17.5. The number of likely N-dealkylation sites (tertiary alicyclic amines) is 1. The van der Waals surface area contributed by atoms with E-state index in [-0.39, 0.29) is 5.92 Å². The molecule has 5 nitrogen and oxygen atoms in total. The third-order valence-electron chi connectivity index (χ3n) is 4.59. The highest BCUT2D eigenvalue weighted by atomic mass is 16.4. The number of rotatable bonds is 6. The lowest BCUT2D eigenvalue weighted by Gasteiger charge is -2.30. The molecule has 0 spiro atoms. The first kappa shape index (κ1) is 17.3. The minimum Gasteiger partial charge on any atom is -0.481 e. The van der Waals surface area contributed by atoms with Crippen molar-refractivity contribution in [3.05, 3.63) is 66.3 Å². The van der Waals surface area contributed by atoms with Gasteiger partial charge >= 0.3 is 5.97 Å². The maximum Gasteiger partial charge on any atom is 0.307 e. The van der Waals surface area contributed by atoms with Gasteiger partial charge in [-0.25, -0.2) is 0 Å².